The number of hydrogen-bond donors (Lipinski definition) is 1. The van der Waals surface area contributed by atoms with Gasteiger partial charge < -0.3 is 14.8 Å². The highest BCUT2D eigenvalue weighted by atomic mass is 16.5. The first-order chi connectivity index (χ1) is 14.1. The molecule has 0 unspecified atom stereocenters. The van der Waals surface area contributed by atoms with Gasteiger partial charge in [-0.05, 0) is 42.3 Å². The summed E-state index contributed by atoms with van der Waals surface area (Å²) in [6.45, 7) is 0.316. The lowest BCUT2D eigenvalue weighted by Crippen LogP contribution is -2.34. The molecule has 1 aromatic heterocycles. The van der Waals surface area contributed by atoms with Gasteiger partial charge in [-0.1, -0.05) is 24.3 Å². The molecule has 1 heterocycles. The molecule has 0 bridgehead atoms. The Morgan fingerprint density at radius 1 is 1.00 bits per heavy atom. The third-order valence-corrected chi connectivity index (χ3v) is 4.44. The zero-order valence-electron chi connectivity index (χ0n) is 16.4. The lowest BCUT2D eigenvalue weighted by molar-refractivity contribution is -0.121. The number of amides is 1. The highest BCUT2D eigenvalue weighted by Gasteiger charge is 2.10. The molecular weight excluding hydrogens is 370 g/mol. The number of nitrogens with zero attached hydrogens (tertiary/aromatic N) is 2. The number of hydrogen-bond acceptors (Lipinski definition) is 5. The van der Waals surface area contributed by atoms with E-state index in [0.29, 0.717) is 24.4 Å². The summed E-state index contributed by atoms with van der Waals surface area (Å²) in [6, 6.07) is 18.1. The zero-order valence-corrected chi connectivity index (χ0v) is 16.4. The van der Waals surface area contributed by atoms with E-state index in [1.54, 1.807) is 20.3 Å². The van der Waals surface area contributed by atoms with E-state index in [1.807, 2.05) is 48.5 Å². The van der Waals surface area contributed by atoms with Gasteiger partial charge in [-0.3, -0.25) is 9.59 Å². The van der Waals surface area contributed by atoms with Gasteiger partial charge in [0.05, 0.1) is 19.9 Å². The predicted octanol–water partition coefficient (Wildman–Crippen LogP) is 2.29. The van der Waals surface area contributed by atoms with Crippen LogP contribution in [0.4, 0.5) is 0 Å². The van der Waals surface area contributed by atoms with E-state index in [2.05, 4.69) is 10.4 Å². The van der Waals surface area contributed by atoms with E-state index in [9.17, 15) is 9.59 Å². The van der Waals surface area contributed by atoms with Crippen LogP contribution in [0.2, 0.25) is 0 Å². The monoisotopic (exact) mass is 393 g/mol. The summed E-state index contributed by atoms with van der Waals surface area (Å²) < 4.78 is 11.6. The van der Waals surface area contributed by atoms with Gasteiger partial charge in [0.1, 0.15) is 18.0 Å². The molecule has 0 saturated carbocycles. The third kappa shape index (κ3) is 5.22. The third-order valence-electron chi connectivity index (χ3n) is 4.44. The number of benzene rings is 2. The Labute approximate surface area is 168 Å². The Balaban J connectivity index is 1.63. The van der Waals surface area contributed by atoms with Crippen molar-refractivity contribution in [2.24, 2.45) is 0 Å². The molecule has 0 aliphatic carbocycles. The molecule has 7 nitrogen and oxygen atoms in total. The maximum Gasteiger partial charge on any atom is 0.267 e. The first kappa shape index (κ1) is 20.1. The lowest BCUT2D eigenvalue weighted by Gasteiger charge is -2.10. The minimum atomic E-state index is -0.339. The molecule has 150 valence electrons. The number of para-hydroxylation sites is 1. The number of nitrogens with one attached hydrogen (secondary N) is 1. The second kappa shape index (κ2) is 9.54. The van der Waals surface area contributed by atoms with E-state index < -0.39 is 0 Å². The molecule has 29 heavy (non-hydrogen) atoms. The number of ether oxygens (including phenoxy) is 2. The average Bonchev–Trinajstić information content (AvgIpc) is 2.75. The van der Waals surface area contributed by atoms with Gasteiger partial charge in [0, 0.05) is 18.2 Å². The van der Waals surface area contributed by atoms with Gasteiger partial charge in [0.25, 0.3) is 5.56 Å². The van der Waals surface area contributed by atoms with Crippen molar-refractivity contribution < 1.29 is 14.3 Å². The molecule has 1 amide bonds. The van der Waals surface area contributed by atoms with Gasteiger partial charge in [0.15, 0.2) is 0 Å². The Morgan fingerprint density at radius 3 is 2.48 bits per heavy atom. The van der Waals surface area contributed by atoms with Crippen LogP contribution < -0.4 is 20.3 Å². The molecule has 3 rings (SSSR count). The van der Waals surface area contributed by atoms with Crippen LogP contribution in [0.25, 0.3) is 11.3 Å². The molecular formula is C22H23N3O4. The van der Waals surface area contributed by atoms with E-state index in [0.717, 1.165) is 21.6 Å². The van der Waals surface area contributed by atoms with Crippen LogP contribution in [0.15, 0.2) is 65.5 Å². The van der Waals surface area contributed by atoms with Crippen molar-refractivity contribution in [1.29, 1.82) is 0 Å². The Bertz CT molecular complexity index is 1030. The normalized spacial score (nSPS) is 10.4. The molecule has 3 aromatic rings. The fraction of sp³-hybridized carbons (Fsp3) is 0.227. The summed E-state index contributed by atoms with van der Waals surface area (Å²) in [5.74, 6) is 1.16. The van der Waals surface area contributed by atoms with E-state index in [4.69, 9.17) is 9.47 Å². The summed E-state index contributed by atoms with van der Waals surface area (Å²) in [6.07, 6.45) is 0.680. The highest BCUT2D eigenvalue weighted by molar-refractivity contribution is 5.75. The quantitative estimate of drug-likeness (QED) is 0.635. The smallest absolute Gasteiger partial charge is 0.267 e. The van der Waals surface area contributed by atoms with Gasteiger partial charge in [-0.2, -0.15) is 5.10 Å². The van der Waals surface area contributed by atoms with Gasteiger partial charge in [0.2, 0.25) is 5.91 Å². The summed E-state index contributed by atoms with van der Waals surface area (Å²) in [5, 5.41) is 7.15. The van der Waals surface area contributed by atoms with Gasteiger partial charge in [-0.15, -0.1) is 0 Å². The standard InChI is InChI=1S/C22H23N3O4/c1-28-17-9-7-16(8-10-17)13-14-23-21(26)15-25-22(27)12-11-19(24-25)18-5-3-4-6-20(18)29-2/h3-12H,13-15H2,1-2H3,(H,23,26). The summed E-state index contributed by atoms with van der Waals surface area (Å²) in [5.41, 5.74) is 2.06. The zero-order chi connectivity index (χ0) is 20.6. The van der Waals surface area contributed by atoms with Crippen LogP contribution in [0.1, 0.15) is 5.56 Å². The molecule has 2 aromatic carbocycles. The lowest BCUT2D eigenvalue weighted by atomic mass is 10.1. The average molecular weight is 393 g/mol. The maximum absolute atomic E-state index is 12.3. The Kier molecular flexibility index (Phi) is 6.63. The largest absolute Gasteiger partial charge is 0.497 e. The van der Waals surface area contributed by atoms with E-state index in [-0.39, 0.29) is 18.0 Å². The molecule has 7 heteroatoms. The van der Waals surface area contributed by atoms with Gasteiger partial charge >= 0.3 is 0 Å². The van der Waals surface area contributed by atoms with Crippen LogP contribution in [0.5, 0.6) is 11.5 Å². The minimum Gasteiger partial charge on any atom is -0.497 e. The van der Waals surface area contributed by atoms with Crippen molar-refractivity contribution in [2.75, 3.05) is 20.8 Å². The SMILES string of the molecule is COc1ccc(CCNC(=O)Cn2nc(-c3ccccc3OC)ccc2=O)cc1. The predicted molar refractivity (Wildman–Crippen MR) is 110 cm³/mol. The highest BCUT2D eigenvalue weighted by Crippen LogP contribution is 2.27. The summed E-state index contributed by atoms with van der Waals surface area (Å²) in [7, 11) is 3.19. The fourth-order valence-electron chi connectivity index (χ4n) is 2.89. The summed E-state index contributed by atoms with van der Waals surface area (Å²) in [4.78, 5) is 24.4. The second-order valence-electron chi connectivity index (χ2n) is 6.36. The van der Waals surface area contributed by atoms with Crippen molar-refractivity contribution in [3.05, 3.63) is 76.6 Å². The molecule has 0 saturated heterocycles. The van der Waals surface area contributed by atoms with Crippen molar-refractivity contribution >= 4 is 5.91 Å². The first-order valence-electron chi connectivity index (χ1n) is 9.22. The number of methoxy groups -OCH3 is 2. The van der Waals surface area contributed by atoms with Crippen molar-refractivity contribution in [3.8, 4) is 22.8 Å². The number of carbonyl (C=O) groups is 1. The Morgan fingerprint density at radius 2 is 1.76 bits per heavy atom. The molecule has 0 fully saturated rings. The minimum absolute atomic E-state index is 0.148. The fourth-order valence-corrected chi connectivity index (χ4v) is 2.89. The first-order valence-corrected chi connectivity index (χ1v) is 9.22. The second-order valence-corrected chi connectivity index (χ2v) is 6.36. The van der Waals surface area contributed by atoms with Crippen LogP contribution in [-0.4, -0.2) is 36.5 Å². The van der Waals surface area contributed by atoms with E-state index in [1.165, 1.54) is 6.07 Å². The number of carbonyl (C=O) groups excluding carboxylic acids is 1. The molecule has 0 spiro atoms. The maximum atomic E-state index is 12.3. The van der Waals surface area contributed by atoms with Crippen LogP contribution in [0.3, 0.4) is 0 Å². The van der Waals surface area contributed by atoms with Crippen molar-refractivity contribution in [2.45, 2.75) is 13.0 Å². The van der Waals surface area contributed by atoms with E-state index >= 15 is 0 Å². The van der Waals surface area contributed by atoms with Crippen LogP contribution in [-0.2, 0) is 17.8 Å². The van der Waals surface area contributed by atoms with Crippen LogP contribution >= 0.6 is 0 Å². The van der Waals surface area contributed by atoms with Gasteiger partial charge in [-0.25, -0.2) is 4.68 Å². The molecule has 0 aliphatic heterocycles. The van der Waals surface area contributed by atoms with Crippen molar-refractivity contribution in [3.63, 3.8) is 0 Å². The Hall–Kier alpha value is -3.61. The van der Waals surface area contributed by atoms with Crippen molar-refractivity contribution in [1.82, 2.24) is 15.1 Å². The molecule has 1 N–H and O–H groups in total. The van der Waals surface area contributed by atoms with Crippen LogP contribution in [0, 0.1) is 0 Å². The molecule has 0 aliphatic rings. The summed E-state index contributed by atoms with van der Waals surface area (Å²) >= 11 is 0. The molecule has 0 radical (unpaired) electrons. The topological polar surface area (TPSA) is 82.4 Å². The number of rotatable bonds is 8. The number of aromatic nitrogens is 2. The molecule has 0 atom stereocenters.